The summed E-state index contributed by atoms with van der Waals surface area (Å²) in [6.07, 6.45) is 2.22. The van der Waals surface area contributed by atoms with Crippen molar-refractivity contribution in [3.63, 3.8) is 0 Å². The van der Waals surface area contributed by atoms with E-state index in [4.69, 9.17) is 0 Å². The van der Waals surface area contributed by atoms with Crippen LogP contribution in [0.4, 0.5) is 8.78 Å². The Kier molecular flexibility index (Phi) is 3.59. The van der Waals surface area contributed by atoms with Gasteiger partial charge in [0.15, 0.2) is 0 Å². The zero-order chi connectivity index (χ0) is 10.7. The molecule has 2 rings (SSSR count). The van der Waals surface area contributed by atoms with Crippen molar-refractivity contribution in [3.05, 3.63) is 29.8 Å². The first-order chi connectivity index (χ1) is 7.25. The summed E-state index contributed by atoms with van der Waals surface area (Å²) in [5.74, 6) is -0.968. The second kappa shape index (κ2) is 4.94. The fourth-order valence-electron chi connectivity index (χ4n) is 1.67. The van der Waals surface area contributed by atoms with Crippen LogP contribution < -0.4 is 5.32 Å². The van der Waals surface area contributed by atoms with Crippen LogP contribution in [-0.4, -0.2) is 18.3 Å². The molecule has 1 heterocycles. The second-order valence-corrected chi connectivity index (χ2v) is 5.00. The van der Waals surface area contributed by atoms with Crippen LogP contribution in [0.2, 0.25) is 0 Å². The number of thioether (sulfide) groups is 1. The van der Waals surface area contributed by atoms with E-state index in [0.29, 0.717) is 10.1 Å². The first-order valence-electron chi connectivity index (χ1n) is 5.08. The quantitative estimate of drug-likeness (QED) is 0.837. The molecule has 0 spiro atoms. The molecule has 1 nitrogen and oxygen atoms in total. The summed E-state index contributed by atoms with van der Waals surface area (Å²) < 4.78 is 26.0. The number of nitrogens with one attached hydrogen (secondary N) is 1. The van der Waals surface area contributed by atoms with Crippen molar-refractivity contribution < 1.29 is 8.78 Å². The van der Waals surface area contributed by atoms with Gasteiger partial charge >= 0.3 is 0 Å². The van der Waals surface area contributed by atoms with E-state index < -0.39 is 11.6 Å². The Morgan fingerprint density at radius 2 is 2.20 bits per heavy atom. The van der Waals surface area contributed by atoms with E-state index in [1.165, 1.54) is 23.9 Å². The number of halogens is 2. The number of rotatable bonds is 2. The predicted molar refractivity (Wildman–Crippen MR) is 58.1 cm³/mol. The molecule has 1 saturated heterocycles. The highest BCUT2D eigenvalue weighted by Gasteiger charge is 2.16. The molecule has 0 unspecified atom stereocenters. The fourth-order valence-corrected chi connectivity index (χ4v) is 2.83. The molecule has 1 fully saturated rings. The van der Waals surface area contributed by atoms with Gasteiger partial charge in [-0.15, -0.1) is 11.8 Å². The summed E-state index contributed by atoms with van der Waals surface area (Å²) in [6.45, 7) is 1.95. The van der Waals surface area contributed by atoms with Gasteiger partial charge < -0.3 is 5.32 Å². The molecule has 1 aromatic carbocycles. The molecule has 4 heteroatoms. The third kappa shape index (κ3) is 2.92. The number of piperidine rings is 1. The van der Waals surface area contributed by atoms with Crippen molar-refractivity contribution in [1.29, 1.82) is 0 Å². The number of benzene rings is 1. The van der Waals surface area contributed by atoms with E-state index in [2.05, 4.69) is 5.32 Å². The summed E-state index contributed by atoms with van der Waals surface area (Å²) in [6, 6.07) is 3.77. The lowest BCUT2D eigenvalue weighted by Gasteiger charge is -2.22. The first-order valence-corrected chi connectivity index (χ1v) is 5.96. The SMILES string of the molecule is Fc1ccc(S[C@@H]2CCCNC2)c(F)c1. The molecule has 0 amide bonds. The van der Waals surface area contributed by atoms with Crippen LogP contribution >= 0.6 is 11.8 Å². The van der Waals surface area contributed by atoms with E-state index in [9.17, 15) is 8.78 Å². The minimum atomic E-state index is -0.515. The minimum absolute atomic E-state index is 0.402. The second-order valence-electron chi connectivity index (χ2n) is 3.66. The van der Waals surface area contributed by atoms with E-state index in [0.717, 1.165) is 32.0 Å². The molecule has 15 heavy (non-hydrogen) atoms. The molecule has 1 aliphatic heterocycles. The Bertz CT molecular complexity index is 337. The summed E-state index contributed by atoms with van der Waals surface area (Å²) in [5.41, 5.74) is 0. The van der Waals surface area contributed by atoms with Gasteiger partial charge in [0.05, 0.1) is 0 Å². The molecule has 0 radical (unpaired) electrons. The summed E-state index contributed by atoms with van der Waals surface area (Å²) in [4.78, 5) is 0.546. The van der Waals surface area contributed by atoms with Gasteiger partial charge in [0.1, 0.15) is 11.6 Å². The van der Waals surface area contributed by atoms with Crippen LogP contribution in [0.1, 0.15) is 12.8 Å². The van der Waals surface area contributed by atoms with Gasteiger partial charge in [-0.05, 0) is 31.5 Å². The molecular formula is C11H13F2NS. The molecule has 0 aliphatic carbocycles. The zero-order valence-electron chi connectivity index (χ0n) is 8.30. The van der Waals surface area contributed by atoms with Gasteiger partial charge in [0.25, 0.3) is 0 Å². The van der Waals surface area contributed by atoms with E-state index in [-0.39, 0.29) is 0 Å². The summed E-state index contributed by atoms with van der Waals surface area (Å²) >= 11 is 1.50. The predicted octanol–water partition coefficient (Wildman–Crippen LogP) is 2.81. The van der Waals surface area contributed by atoms with Crippen LogP contribution in [0.25, 0.3) is 0 Å². The lowest BCUT2D eigenvalue weighted by molar-refractivity contribution is 0.529. The smallest absolute Gasteiger partial charge is 0.139 e. The zero-order valence-corrected chi connectivity index (χ0v) is 9.12. The van der Waals surface area contributed by atoms with Crippen molar-refractivity contribution in [2.45, 2.75) is 23.0 Å². The van der Waals surface area contributed by atoms with E-state index in [1.54, 1.807) is 0 Å². The van der Waals surface area contributed by atoms with Crippen LogP contribution in [-0.2, 0) is 0 Å². The monoisotopic (exact) mass is 229 g/mol. The Hall–Kier alpha value is -0.610. The topological polar surface area (TPSA) is 12.0 Å². The molecule has 0 saturated carbocycles. The molecular weight excluding hydrogens is 216 g/mol. The largest absolute Gasteiger partial charge is 0.316 e. The first kappa shape index (κ1) is 10.9. The fraction of sp³-hybridized carbons (Fsp3) is 0.455. The molecule has 1 aromatic rings. The highest BCUT2D eigenvalue weighted by molar-refractivity contribution is 8.00. The maximum atomic E-state index is 13.3. The minimum Gasteiger partial charge on any atom is -0.316 e. The van der Waals surface area contributed by atoms with Gasteiger partial charge in [-0.1, -0.05) is 0 Å². The molecule has 1 N–H and O–H groups in total. The lowest BCUT2D eigenvalue weighted by Crippen LogP contribution is -2.31. The Morgan fingerprint density at radius 1 is 1.33 bits per heavy atom. The highest BCUT2D eigenvalue weighted by Crippen LogP contribution is 2.29. The van der Waals surface area contributed by atoms with Crippen molar-refractivity contribution in [3.8, 4) is 0 Å². The lowest BCUT2D eigenvalue weighted by atomic mass is 10.2. The van der Waals surface area contributed by atoms with Gasteiger partial charge in [-0.3, -0.25) is 0 Å². The van der Waals surface area contributed by atoms with Gasteiger partial charge in [0, 0.05) is 22.8 Å². The van der Waals surface area contributed by atoms with Gasteiger partial charge in [0.2, 0.25) is 0 Å². The Labute approximate surface area is 92.3 Å². The standard InChI is InChI=1S/C11H13F2NS/c12-8-3-4-11(10(13)6-8)15-9-2-1-5-14-7-9/h3-4,6,9,14H,1-2,5,7H2/t9-/m1/s1. The van der Waals surface area contributed by atoms with Crippen LogP contribution in [0.15, 0.2) is 23.1 Å². The maximum absolute atomic E-state index is 13.3. The van der Waals surface area contributed by atoms with Crippen molar-refractivity contribution in [2.75, 3.05) is 13.1 Å². The maximum Gasteiger partial charge on any atom is 0.139 e. The molecule has 1 atom stereocenters. The van der Waals surface area contributed by atoms with Crippen LogP contribution in [0.5, 0.6) is 0 Å². The Balaban J connectivity index is 2.03. The summed E-state index contributed by atoms with van der Waals surface area (Å²) in [7, 11) is 0. The molecule has 82 valence electrons. The highest BCUT2D eigenvalue weighted by atomic mass is 32.2. The van der Waals surface area contributed by atoms with Gasteiger partial charge in [-0.2, -0.15) is 0 Å². The van der Waals surface area contributed by atoms with E-state index >= 15 is 0 Å². The Morgan fingerprint density at radius 3 is 2.87 bits per heavy atom. The van der Waals surface area contributed by atoms with Crippen molar-refractivity contribution >= 4 is 11.8 Å². The number of hydrogen-bond donors (Lipinski definition) is 1. The summed E-state index contributed by atoms with van der Waals surface area (Å²) in [5, 5.41) is 3.67. The molecule has 1 aliphatic rings. The third-order valence-electron chi connectivity index (χ3n) is 2.44. The van der Waals surface area contributed by atoms with Crippen molar-refractivity contribution in [1.82, 2.24) is 5.32 Å². The molecule has 0 aromatic heterocycles. The molecule has 0 bridgehead atoms. The average Bonchev–Trinajstić information content (AvgIpc) is 2.24. The normalized spacial score (nSPS) is 21.6. The van der Waals surface area contributed by atoms with Crippen molar-refractivity contribution in [2.24, 2.45) is 0 Å². The van der Waals surface area contributed by atoms with Crippen LogP contribution in [0, 0.1) is 11.6 Å². The van der Waals surface area contributed by atoms with Crippen LogP contribution in [0.3, 0.4) is 0 Å². The van der Waals surface area contributed by atoms with Gasteiger partial charge in [-0.25, -0.2) is 8.78 Å². The average molecular weight is 229 g/mol. The number of hydrogen-bond acceptors (Lipinski definition) is 2. The third-order valence-corrected chi connectivity index (χ3v) is 3.76. The van der Waals surface area contributed by atoms with E-state index in [1.807, 2.05) is 0 Å².